The van der Waals surface area contributed by atoms with Crippen molar-refractivity contribution in [2.45, 2.75) is 113 Å². The van der Waals surface area contributed by atoms with Gasteiger partial charge < -0.3 is 43.4 Å². The van der Waals surface area contributed by atoms with E-state index in [2.05, 4.69) is 59.6 Å². The van der Waals surface area contributed by atoms with Crippen LogP contribution < -0.4 is 0 Å². The topological polar surface area (TPSA) is 225 Å². The summed E-state index contributed by atoms with van der Waals surface area (Å²) in [6.45, 7) is 42.7. The van der Waals surface area contributed by atoms with Gasteiger partial charge >= 0.3 is 41.8 Å². The van der Waals surface area contributed by atoms with E-state index >= 15 is 0 Å². The molecule has 1 aromatic rings. The summed E-state index contributed by atoms with van der Waals surface area (Å²) < 4.78 is 35.4. The summed E-state index contributed by atoms with van der Waals surface area (Å²) in [6.07, 6.45) is 7.58. The monoisotopic (exact) mass is 999 g/mol. The summed E-state index contributed by atoms with van der Waals surface area (Å²) in [5.41, 5.74) is 2.25. The van der Waals surface area contributed by atoms with Gasteiger partial charge in [-0.3, -0.25) is 0 Å². The van der Waals surface area contributed by atoms with E-state index in [1.807, 2.05) is 50.3 Å². The van der Waals surface area contributed by atoms with Gasteiger partial charge in [0.15, 0.2) is 6.10 Å². The number of hydrogen-bond donors (Lipinski definition) is 2. The summed E-state index contributed by atoms with van der Waals surface area (Å²) >= 11 is 0. The predicted octanol–water partition coefficient (Wildman–Crippen LogP) is 9.22. The van der Waals surface area contributed by atoms with Gasteiger partial charge in [0, 0.05) is 39.0 Å². The van der Waals surface area contributed by atoms with Crippen molar-refractivity contribution in [1.29, 1.82) is 0 Å². The Bertz CT molecular complexity index is 1800. The molecule has 0 aliphatic rings. The van der Waals surface area contributed by atoms with Crippen LogP contribution in [0, 0.1) is 5.41 Å². The Morgan fingerprint density at radius 1 is 0.521 bits per heavy atom. The summed E-state index contributed by atoms with van der Waals surface area (Å²) in [7, 11) is 0. The number of esters is 7. The SMILES string of the molecule is C=C(C)C(=O)OCC(CC)(COC(=O)C(=C)C)COC(=O)C(=C)C.C=C(C)C(=O)OCC(COC(=O)C(=C)C)OC(=O)C(=C)C.C=C(CCC)C(=O)OCCCCCC.C=Cc1ccccc1.OCCO. The van der Waals surface area contributed by atoms with E-state index in [1.165, 1.54) is 59.9 Å². The Morgan fingerprint density at radius 2 is 0.901 bits per heavy atom. The number of benzene rings is 1. The second kappa shape index (κ2) is 43.4. The zero-order chi connectivity index (χ0) is 55.5. The lowest BCUT2D eigenvalue weighted by Crippen LogP contribution is -2.39. The number of aliphatic hydroxyl groups excluding tert-OH is 2. The zero-order valence-electron chi connectivity index (χ0n) is 43.9. The van der Waals surface area contributed by atoms with Crippen LogP contribution in [0.2, 0.25) is 0 Å². The third-order valence-corrected chi connectivity index (χ3v) is 8.65. The minimum Gasteiger partial charge on any atom is -0.462 e. The molecule has 0 aliphatic carbocycles. The van der Waals surface area contributed by atoms with Crippen molar-refractivity contribution in [3.05, 3.63) is 128 Å². The molecule has 0 aliphatic heterocycles. The molecule has 0 bridgehead atoms. The average Bonchev–Trinajstić information content (AvgIpc) is 3.34. The maximum Gasteiger partial charge on any atom is 0.333 e. The van der Waals surface area contributed by atoms with Gasteiger partial charge in [-0.05, 0) is 66.4 Å². The van der Waals surface area contributed by atoms with Gasteiger partial charge in [0.25, 0.3) is 0 Å². The molecule has 0 heterocycles. The fraction of sp³-hybridized carbons (Fsp3) is 0.473. The van der Waals surface area contributed by atoms with Crippen LogP contribution in [0.25, 0.3) is 6.08 Å². The van der Waals surface area contributed by atoms with Gasteiger partial charge in [-0.25, -0.2) is 33.6 Å². The minimum atomic E-state index is -0.930. The molecule has 0 radical (unpaired) electrons. The van der Waals surface area contributed by atoms with E-state index in [4.69, 9.17) is 43.4 Å². The number of aliphatic hydroxyl groups is 2. The maximum atomic E-state index is 11.6. The number of carbonyl (C=O) groups is 7. The van der Waals surface area contributed by atoms with Crippen molar-refractivity contribution in [2.75, 3.05) is 52.9 Å². The van der Waals surface area contributed by atoms with Crippen LogP contribution in [-0.2, 0) is 66.7 Å². The predicted molar refractivity (Wildman–Crippen MR) is 276 cm³/mol. The summed E-state index contributed by atoms with van der Waals surface area (Å²) in [5, 5.41) is 15.2. The lowest BCUT2D eigenvalue weighted by atomic mass is 9.88. The Hall–Kier alpha value is -6.65. The second-order valence-corrected chi connectivity index (χ2v) is 16.1. The standard InChI is InChI=1S/C18H26O6.C15H20O6.C12H22O2.C8H8.C2H6O2/c1-8-18(9-22-15(19)12(2)3,10-23-16(20)13(4)5)11-24-17(21)14(6)7;1-9(2)13(16)19-7-12(21-15(18)11(5)6)8-20-14(17)10(3)4;1-4-6-7-8-10-14-12(13)11(3)9-5-2;1-2-8-6-4-3-5-7-8;3-1-2-4/h2,4,6,8-11H2,1,3,5,7H3;12H,1,3,5,7-8H2,2,4,6H3;3-10H2,1-2H3;2-7H,1H2;3-4H,1-2H2. The first-order chi connectivity index (χ1) is 33.3. The first-order valence-electron chi connectivity index (χ1n) is 23.0. The van der Waals surface area contributed by atoms with Gasteiger partial charge in [0.2, 0.25) is 0 Å². The van der Waals surface area contributed by atoms with Crippen LogP contribution in [0.4, 0.5) is 0 Å². The van der Waals surface area contributed by atoms with E-state index in [9.17, 15) is 33.6 Å². The van der Waals surface area contributed by atoms with Crippen molar-refractivity contribution >= 4 is 47.9 Å². The first kappa shape index (κ1) is 70.9. The van der Waals surface area contributed by atoms with Crippen LogP contribution in [0.15, 0.2) is 122 Å². The molecule has 1 rings (SSSR count). The van der Waals surface area contributed by atoms with Gasteiger partial charge in [-0.1, -0.05) is 135 Å². The molecule has 0 saturated heterocycles. The third kappa shape index (κ3) is 39.9. The van der Waals surface area contributed by atoms with Crippen LogP contribution in [0.5, 0.6) is 0 Å². The van der Waals surface area contributed by atoms with Crippen LogP contribution >= 0.6 is 0 Å². The number of carbonyl (C=O) groups excluding carboxylic acids is 7. The van der Waals surface area contributed by atoms with Crippen molar-refractivity contribution in [3.63, 3.8) is 0 Å². The van der Waals surface area contributed by atoms with Crippen LogP contribution in [-0.4, -0.2) is 111 Å². The number of rotatable bonds is 28. The van der Waals surface area contributed by atoms with E-state index in [0.717, 1.165) is 25.7 Å². The van der Waals surface area contributed by atoms with Gasteiger partial charge in [-0.2, -0.15) is 0 Å². The van der Waals surface area contributed by atoms with Crippen molar-refractivity contribution in [2.24, 2.45) is 5.41 Å². The van der Waals surface area contributed by atoms with E-state index in [1.54, 1.807) is 0 Å². The summed E-state index contributed by atoms with van der Waals surface area (Å²) in [5.74, 6) is -3.84. The largest absolute Gasteiger partial charge is 0.462 e. The highest BCUT2D eigenvalue weighted by Gasteiger charge is 2.34. The second-order valence-electron chi connectivity index (χ2n) is 16.1. The quantitative estimate of drug-likeness (QED) is 0.0345. The Kier molecular flexibility index (Phi) is 43.3. The number of ether oxygens (including phenoxy) is 7. The Labute approximate surface area is 422 Å². The van der Waals surface area contributed by atoms with Crippen LogP contribution in [0.3, 0.4) is 0 Å². The molecule has 16 heteroatoms. The molecule has 0 unspecified atom stereocenters. The summed E-state index contributed by atoms with van der Waals surface area (Å²) in [6, 6.07) is 10.0. The first-order valence-corrected chi connectivity index (χ1v) is 23.0. The van der Waals surface area contributed by atoms with Gasteiger partial charge in [-0.15, -0.1) is 0 Å². The maximum absolute atomic E-state index is 11.6. The fourth-order valence-corrected chi connectivity index (χ4v) is 4.20. The summed E-state index contributed by atoms with van der Waals surface area (Å²) in [4.78, 5) is 80.2. The van der Waals surface area contributed by atoms with E-state index in [0.29, 0.717) is 18.6 Å². The smallest absolute Gasteiger partial charge is 0.333 e. The minimum absolute atomic E-state index is 0.0812. The molecule has 0 fully saturated rings. The van der Waals surface area contributed by atoms with Crippen molar-refractivity contribution < 1.29 is 76.9 Å². The lowest BCUT2D eigenvalue weighted by molar-refractivity contribution is -0.161. The average molecular weight is 999 g/mol. The van der Waals surface area contributed by atoms with Crippen molar-refractivity contribution in [3.8, 4) is 0 Å². The fourth-order valence-electron chi connectivity index (χ4n) is 4.20. The van der Waals surface area contributed by atoms with E-state index in [-0.39, 0.29) is 85.7 Å². The molecule has 0 spiro atoms. The molecule has 1 aromatic carbocycles. The highest BCUT2D eigenvalue weighted by atomic mass is 16.6. The third-order valence-electron chi connectivity index (χ3n) is 8.65. The molecule has 2 N–H and O–H groups in total. The van der Waals surface area contributed by atoms with Crippen molar-refractivity contribution in [1.82, 2.24) is 0 Å². The molecule has 16 nitrogen and oxygen atoms in total. The van der Waals surface area contributed by atoms with Gasteiger partial charge in [0.1, 0.15) is 33.0 Å². The molecule has 0 saturated carbocycles. The number of hydrogen-bond acceptors (Lipinski definition) is 16. The number of unbranched alkanes of at least 4 members (excludes halogenated alkanes) is 3. The normalized spacial score (nSPS) is 9.75. The molecule has 398 valence electrons. The molecule has 0 atom stereocenters. The zero-order valence-corrected chi connectivity index (χ0v) is 43.9. The highest BCUT2D eigenvalue weighted by Crippen LogP contribution is 2.25. The molecule has 71 heavy (non-hydrogen) atoms. The Balaban J connectivity index is -0.000000432. The Morgan fingerprint density at radius 3 is 1.20 bits per heavy atom. The van der Waals surface area contributed by atoms with Gasteiger partial charge in [0.05, 0.1) is 25.2 Å². The molecular weight excluding hydrogens is 917 g/mol. The molecule has 0 aromatic heterocycles. The molecule has 0 amide bonds. The molecular formula is C55H82O16. The van der Waals surface area contributed by atoms with Crippen LogP contribution in [0.1, 0.15) is 113 Å². The van der Waals surface area contributed by atoms with E-state index < -0.39 is 47.3 Å². The highest BCUT2D eigenvalue weighted by molar-refractivity contribution is 5.89. The lowest BCUT2D eigenvalue weighted by Gasteiger charge is -2.31.